The normalized spacial score (nSPS) is 11.7. The maximum absolute atomic E-state index is 11.9. The van der Waals surface area contributed by atoms with Gasteiger partial charge >= 0.3 is 5.97 Å². The summed E-state index contributed by atoms with van der Waals surface area (Å²) in [5.74, 6) is -0.686. The van der Waals surface area contributed by atoms with Gasteiger partial charge in [0.25, 0.3) is 5.91 Å². The van der Waals surface area contributed by atoms with Crippen LogP contribution in [-0.2, 0) is 9.53 Å². The molecule has 18 heavy (non-hydrogen) atoms. The standard InChI is InChI=1S/C13H16BrNO3/c1-3-4-11(13(17)18-2)15-12(16)9-5-7-10(14)8-6-9/h5-8,11H,3-4H2,1-2H3,(H,15,16)/t11-/m1/s1. The first-order valence-corrected chi connectivity index (χ1v) is 6.52. The number of methoxy groups -OCH3 is 1. The Labute approximate surface area is 115 Å². The molecule has 0 bridgehead atoms. The second-order valence-electron chi connectivity index (χ2n) is 3.84. The molecule has 1 amide bonds. The maximum Gasteiger partial charge on any atom is 0.328 e. The molecule has 0 aliphatic heterocycles. The van der Waals surface area contributed by atoms with Crippen LogP contribution in [0.5, 0.6) is 0 Å². The summed E-state index contributed by atoms with van der Waals surface area (Å²) in [5.41, 5.74) is 0.517. The average molecular weight is 314 g/mol. The molecule has 0 aliphatic carbocycles. The van der Waals surface area contributed by atoms with Gasteiger partial charge in [0.05, 0.1) is 7.11 Å². The second kappa shape index (κ2) is 7.16. The Morgan fingerprint density at radius 1 is 1.33 bits per heavy atom. The number of benzene rings is 1. The molecule has 0 aromatic heterocycles. The van der Waals surface area contributed by atoms with Crippen LogP contribution in [0.25, 0.3) is 0 Å². The molecule has 98 valence electrons. The van der Waals surface area contributed by atoms with Gasteiger partial charge in [-0.1, -0.05) is 29.3 Å². The van der Waals surface area contributed by atoms with Gasteiger partial charge in [-0.25, -0.2) is 4.79 Å². The summed E-state index contributed by atoms with van der Waals surface area (Å²) in [7, 11) is 1.32. The number of halogens is 1. The van der Waals surface area contributed by atoms with Crippen molar-refractivity contribution in [1.82, 2.24) is 5.32 Å². The quantitative estimate of drug-likeness (QED) is 0.850. The third kappa shape index (κ3) is 4.14. The fourth-order valence-electron chi connectivity index (χ4n) is 1.52. The number of esters is 1. The Balaban J connectivity index is 2.71. The van der Waals surface area contributed by atoms with E-state index in [2.05, 4.69) is 26.0 Å². The van der Waals surface area contributed by atoms with Gasteiger partial charge in [0.2, 0.25) is 0 Å². The van der Waals surface area contributed by atoms with Gasteiger partial charge < -0.3 is 10.1 Å². The van der Waals surface area contributed by atoms with Crippen LogP contribution >= 0.6 is 15.9 Å². The Kier molecular flexibility index (Phi) is 5.85. The average Bonchev–Trinajstić information content (AvgIpc) is 2.38. The van der Waals surface area contributed by atoms with E-state index in [1.165, 1.54) is 7.11 Å². The molecule has 0 saturated carbocycles. The van der Waals surface area contributed by atoms with E-state index in [9.17, 15) is 9.59 Å². The molecule has 1 aromatic rings. The summed E-state index contributed by atoms with van der Waals surface area (Å²) in [6.45, 7) is 1.95. The van der Waals surface area contributed by atoms with Crippen LogP contribution in [-0.4, -0.2) is 25.0 Å². The maximum atomic E-state index is 11.9. The van der Waals surface area contributed by atoms with Crippen LogP contribution in [0.15, 0.2) is 28.7 Å². The predicted molar refractivity (Wildman–Crippen MR) is 72.3 cm³/mol. The molecule has 4 nitrogen and oxygen atoms in total. The fraction of sp³-hybridized carbons (Fsp3) is 0.385. The van der Waals surface area contributed by atoms with Gasteiger partial charge in [-0.3, -0.25) is 4.79 Å². The molecule has 0 aliphatic rings. The SMILES string of the molecule is CCC[C@@H](NC(=O)c1ccc(Br)cc1)C(=O)OC. The molecular formula is C13H16BrNO3. The van der Waals surface area contributed by atoms with Gasteiger partial charge in [0.1, 0.15) is 6.04 Å². The molecule has 0 fully saturated rings. The molecule has 0 heterocycles. The molecule has 0 saturated heterocycles. The van der Waals surface area contributed by atoms with E-state index in [0.717, 1.165) is 10.9 Å². The van der Waals surface area contributed by atoms with Gasteiger partial charge in [0.15, 0.2) is 0 Å². The van der Waals surface area contributed by atoms with Crippen LogP contribution in [0.2, 0.25) is 0 Å². The first-order chi connectivity index (χ1) is 8.58. The van der Waals surface area contributed by atoms with Crippen LogP contribution in [0.4, 0.5) is 0 Å². The van der Waals surface area contributed by atoms with E-state index in [4.69, 9.17) is 0 Å². The summed E-state index contributed by atoms with van der Waals surface area (Å²) < 4.78 is 5.56. The smallest absolute Gasteiger partial charge is 0.328 e. The molecular weight excluding hydrogens is 298 g/mol. The minimum Gasteiger partial charge on any atom is -0.467 e. The molecule has 0 spiro atoms. The van der Waals surface area contributed by atoms with E-state index in [1.807, 2.05) is 6.92 Å². The molecule has 1 aromatic carbocycles. The van der Waals surface area contributed by atoms with Crippen molar-refractivity contribution in [1.29, 1.82) is 0 Å². The number of rotatable bonds is 5. The number of nitrogens with one attached hydrogen (secondary N) is 1. The van der Waals surface area contributed by atoms with Gasteiger partial charge in [0, 0.05) is 10.0 Å². The molecule has 0 radical (unpaired) electrons. The van der Waals surface area contributed by atoms with Crippen molar-refractivity contribution < 1.29 is 14.3 Å². The highest BCUT2D eigenvalue weighted by molar-refractivity contribution is 9.10. The highest BCUT2D eigenvalue weighted by Gasteiger charge is 2.20. The van der Waals surface area contributed by atoms with Crippen molar-refractivity contribution in [3.05, 3.63) is 34.3 Å². The molecule has 1 atom stereocenters. The van der Waals surface area contributed by atoms with E-state index in [0.29, 0.717) is 12.0 Å². The third-order valence-electron chi connectivity index (χ3n) is 2.47. The number of carbonyl (C=O) groups excluding carboxylic acids is 2. The largest absolute Gasteiger partial charge is 0.467 e. The molecule has 0 unspecified atom stereocenters. The van der Waals surface area contributed by atoms with Gasteiger partial charge in [-0.05, 0) is 30.7 Å². The zero-order chi connectivity index (χ0) is 13.5. The summed E-state index contributed by atoms with van der Waals surface area (Å²) in [6, 6.07) is 6.36. The Bertz CT molecular complexity index is 417. The van der Waals surface area contributed by atoms with Crippen LogP contribution in [0.3, 0.4) is 0 Å². The second-order valence-corrected chi connectivity index (χ2v) is 4.76. The van der Waals surface area contributed by atoms with E-state index in [-0.39, 0.29) is 5.91 Å². The zero-order valence-corrected chi connectivity index (χ0v) is 12.0. The van der Waals surface area contributed by atoms with Crippen molar-refractivity contribution >= 4 is 27.8 Å². The summed E-state index contributed by atoms with van der Waals surface area (Å²) in [4.78, 5) is 23.4. The zero-order valence-electron chi connectivity index (χ0n) is 10.4. The first kappa shape index (κ1) is 14.7. The minimum absolute atomic E-state index is 0.272. The fourth-order valence-corrected chi connectivity index (χ4v) is 1.79. The minimum atomic E-state index is -0.587. The third-order valence-corrected chi connectivity index (χ3v) is 3.00. The van der Waals surface area contributed by atoms with Crippen LogP contribution < -0.4 is 5.32 Å². The monoisotopic (exact) mass is 313 g/mol. The molecule has 1 rings (SSSR count). The van der Waals surface area contributed by atoms with Gasteiger partial charge in [-0.2, -0.15) is 0 Å². The van der Waals surface area contributed by atoms with Crippen LogP contribution in [0, 0.1) is 0 Å². The van der Waals surface area contributed by atoms with E-state index >= 15 is 0 Å². The topological polar surface area (TPSA) is 55.4 Å². The lowest BCUT2D eigenvalue weighted by molar-refractivity contribution is -0.143. The van der Waals surface area contributed by atoms with Crippen molar-refractivity contribution in [3.63, 3.8) is 0 Å². The number of amides is 1. The molecule has 5 heteroatoms. The molecule has 1 N–H and O–H groups in total. The predicted octanol–water partition coefficient (Wildman–Crippen LogP) is 2.52. The number of hydrogen-bond donors (Lipinski definition) is 1. The lowest BCUT2D eigenvalue weighted by Crippen LogP contribution is -2.41. The highest BCUT2D eigenvalue weighted by Crippen LogP contribution is 2.11. The van der Waals surface area contributed by atoms with E-state index in [1.54, 1.807) is 24.3 Å². The summed E-state index contributed by atoms with van der Waals surface area (Å²) in [6.07, 6.45) is 1.36. The summed E-state index contributed by atoms with van der Waals surface area (Å²) >= 11 is 3.30. The lowest BCUT2D eigenvalue weighted by atomic mass is 10.1. The number of hydrogen-bond acceptors (Lipinski definition) is 3. The van der Waals surface area contributed by atoms with Crippen molar-refractivity contribution in [3.8, 4) is 0 Å². The Morgan fingerprint density at radius 3 is 2.44 bits per heavy atom. The van der Waals surface area contributed by atoms with E-state index < -0.39 is 12.0 Å². The summed E-state index contributed by atoms with van der Waals surface area (Å²) in [5, 5.41) is 2.68. The van der Waals surface area contributed by atoms with Crippen molar-refractivity contribution in [2.24, 2.45) is 0 Å². The lowest BCUT2D eigenvalue weighted by Gasteiger charge is -2.15. The number of ether oxygens (including phenoxy) is 1. The van der Waals surface area contributed by atoms with Crippen molar-refractivity contribution in [2.75, 3.05) is 7.11 Å². The Hall–Kier alpha value is -1.36. The van der Waals surface area contributed by atoms with Gasteiger partial charge in [-0.15, -0.1) is 0 Å². The number of carbonyl (C=O) groups is 2. The van der Waals surface area contributed by atoms with Crippen LogP contribution in [0.1, 0.15) is 30.1 Å². The Morgan fingerprint density at radius 2 is 1.94 bits per heavy atom. The van der Waals surface area contributed by atoms with Crippen molar-refractivity contribution in [2.45, 2.75) is 25.8 Å². The highest BCUT2D eigenvalue weighted by atomic mass is 79.9. The first-order valence-electron chi connectivity index (χ1n) is 5.72.